The van der Waals surface area contributed by atoms with Gasteiger partial charge < -0.3 is 10.6 Å². The minimum atomic E-state index is 0. The van der Waals surface area contributed by atoms with Gasteiger partial charge in [0.25, 0.3) is 0 Å². The van der Waals surface area contributed by atoms with Gasteiger partial charge in [-0.3, -0.25) is 4.68 Å². The van der Waals surface area contributed by atoms with E-state index in [2.05, 4.69) is 59.2 Å². The molecule has 7 heteroatoms. The van der Waals surface area contributed by atoms with Gasteiger partial charge >= 0.3 is 0 Å². The predicted molar refractivity (Wildman–Crippen MR) is 121 cm³/mol. The van der Waals surface area contributed by atoms with Crippen molar-refractivity contribution in [2.24, 2.45) is 7.05 Å². The lowest BCUT2D eigenvalue weighted by Gasteiger charge is -2.23. The predicted octanol–water partition coefficient (Wildman–Crippen LogP) is 4.74. The van der Waals surface area contributed by atoms with Crippen molar-refractivity contribution in [3.8, 4) is 11.1 Å². The molecular weight excluding hydrogens is 390 g/mol. The molecule has 146 valence electrons. The van der Waals surface area contributed by atoms with Gasteiger partial charge in [-0.25, -0.2) is 4.98 Å². The third-order valence-corrected chi connectivity index (χ3v) is 6.24. The molecule has 2 aromatic carbocycles. The van der Waals surface area contributed by atoms with Crippen molar-refractivity contribution in [3.05, 3.63) is 42.1 Å². The van der Waals surface area contributed by atoms with Crippen LogP contribution in [0.5, 0.6) is 0 Å². The fourth-order valence-corrected chi connectivity index (χ4v) is 4.95. The average molecular weight is 414 g/mol. The molecule has 0 unspecified atom stereocenters. The summed E-state index contributed by atoms with van der Waals surface area (Å²) in [6.07, 6.45) is 4.38. The second kappa shape index (κ2) is 7.70. The molecule has 1 aliphatic heterocycles. The van der Waals surface area contributed by atoms with Crippen LogP contribution in [0.15, 0.2) is 36.5 Å². The number of piperidine rings is 1. The maximum absolute atomic E-state index is 4.87. The van der Waals surface area contributed by atoms with Crippen molar-refractivity contribution in [2.45, 2.75) is 25.8 Å². The highest BCUT2D eigenvalue weighted by molar-refractivity contribution is 7.22. The Kier molecular flexibility index (Phi) is 5.27. The van der Waals surface area contributed by atoms with E-state index in [4.69, 9.17) is 4.98 Å². The fraction of sp³-hybridized carbons (Fsp3) is 0.333. The largest absolute Gasteiger partial charge is 0.359 e. The Bertz CT molecular complexity index is 1130. The number of nitrogens with zero attached hydrogens (tertiary/aromatic N) is 3. The average Bonchev–Trinajstić information content (AvgIpc) is 3.24. The van der Waals surface area contributed by atoms with Gasteiger partial charge in [0.2, 0.25) is 0 Å². The van der Waals surface area contributed by atoms with Crippen LogP contribution in [-0.2, 0) is 7.05 Å². The first-order chi connectivity index (χ1) is 13.2. The van der Waals surface area contributed by atoms with E-state index in [1.165, 1.54) is 26.8 Å². The summed E-state index contributed by atoms with van der Waals surface area (Å²) in [4.78, 5) is 4.87. The number of hydrogen-bond donors (Lipinski definition) is 2. The number of rotatable bonds is 3. The van der Waals surface area contributed by atoms with Gasteiger partial charge in [0.15, 0.2) is 5.13 Å². The van der Waals surface area contributed by atoms with E-state index in [-0.39, 0.29) is 12.4 Å². The number of aryl methyl sites for hydroxylation is 2. The Hall–Kier alpha value is -2.15. The number of benzene rings is 2. The molecular formula is C21H24ClN5S. The van der Waals surface area contributed by atoms with Crippen molar-refractivity contribution in [2.75, 3.05) is 18.4 Å². The molecule has 5 nitrogen and oxygen atoms in total. The first kappa shape index (κ1) is 19.2. The molecule has 0 spiro atoms. The van der Waals surface area contributed by atoms with Gasteiger partial charge in [-0.2, -0.15) is 5.10 Å². The number of nitrogens with one attached hydrogen (secondary N) is 2. The SMILES string of the molecule is Cc1cc(-c2ccc3nn(C)cc3c2)cc2sc(NC3CCNCC3)nc12.Cl. The van der Waals surface area contributed by atoms with Crippen molar-refractivity contribution in [3.63, 3.8) is 0 Å². The highest BCUT2D eigenvalue weighted by Gasteiger charge is 2.16. The Labute approximate surface area is 174 Å². The van der Waals surface area contributed by atoms with Gasteiger partial charge in [0.1, 0.15) is 0 Å². The topological polar surface area (TPSA) is 54.8 Å². The molecule has 0 atom stereocenters. The number of halogens is 1. The quantitative estimate of drug-likeness (QED) is 0.509. The van der Waals surface area contributed by atoms with Crippen LogP contribution >= 0.6 is 23.7 Å². The monoisotopic (exact) mass is 413 g/mol. The minimum absolute atomic E-state index is 0. The summed E-state index contributed by atoms with van der Waals surface area (Å²) in [5.41, 5.74) is 5.83. The zero-order valence-electron chi connectivity index (χ0n) is 16.0. The van der Waals surface area contributed by atoms with E-state index >= 15 is 0 Å². The third kappa shape index (κ3) is 3.60. The van der Waals surface area contributed by atoms with Gasteiger partial charge in [0, 0.05) is 24.7 Å². The second-order valence-electron chi connectivity index (χ2n) is 7.40. The smallest absolute Gasteiger partial charge is 0.184 e. The van der Waals surface area contributed by atoms with Crippen LogP contribution in [0.3, 0.4) is 0 Å². The molecule has 5 rings (SSSR count). The molecule has 2 aromatic heterocycles. The molecule has 0 saturated carbocycles. The van der Waals surface area contributed by atoms with Crippen LogP contribution in [-0.4, -0.2) is 33.9 Å². The second-order valence-corrected chi connectivity index (χ2v) is 8.43. The molecule has 2 N–H and O–H groups in total. The van der Waals surface area contributed by atoms with Crippen LogP contribution < -0.4 is 10.6 Å². The van der Waals surface area contributed by atoms with Gasteiger partial charge in [-0.05, 0) is 73.8 Å². The fourth-order valence-electron chi connectivity index (χ4n) is 3.89. The molecule has 0 bridgehead atoms. The van der Waals surface area contributed by atoms with Gasteiger partial charge in [-0.15, -0.1) is 12.4 Å². The van der Waals surface area contributed by atoms with E-state index in [1.54, 1.807) is 11.3 Å². The van der Waals surface area contributed by atoms with E-state index in [0.717, 1.165) is 42.1 Å². The molecule has 0 radical (unpaired) electrons. The van der Waals surface area contributed by atoms with Crippen LogP contribution in [0.25, 0.3) is 32.2 Å². The van der Waals surface area contributed by atoms with Crippen LogP contribution in [0.1, 0.15) is 18.4 Å². The Morgan fingerprint density at radius 2 is 1.96 bits per heavy atom. The zero-order valence-corrected chi connectivity index (χ0v) is 17.7. The lowest BCUT2D eigenvalue weighted by molar-refractivity contribution is 0.479. The van der Waals surface area contributed by atoms with E-state index in [1.807, 2.05) is 11.7 Å². The van der Waals surface area contributed by atoms with Gasteiger partial charge in [0.05, 0.1) is 15.7 Å². The molecule has 1 saturated heterocycles. The molecule has 3 heterocycles. The van der Waals surface area contributed by atoms with Crippen molar-refractivity contribution in [1.29, 1.82) is 0 Å². The maximum atomic E-state index is 4.87. The summed E-state index contributed by atoms with van der Waals surface area (Å²) in [6, 6.07) is 11.5. The molecule has 0 aliphatic carbocycles. The summed E-state index contributed by atoms with van der Waals surface area (Å²) in [7, 11) is 1.96. The van der Waals surface area contributed by atoms with E-state index in [0.29, 0.717) is 6.04 Å². The Morgan fingerprint density at radius 3 is 2.79 bits per heavy atom. The minimum Gasteiger partial charge on any atom is -0.359 e. The van der Waals surface area contributed by atoms with Crippen LogP contribution in [0.4, 0.5) is 5.13 Å². The lowest BCUT2D eigenvalue weighted by Crippen LogP contribution is -2.35. The normalized spacial score (nSPS) is 15.1. The summed E-state index contributed by atoms with van der Waals surface area (Å²) in [5, 5.41) is 13.7. The maximum Gasteiger partial charge on any atom is 0.184 e. The number of anilines is 1. The standard InChI is InChI=1S/C21H23N5S.ClH/c1-13-9-15(14-3-4-18-16(10-14)12-26(2)25-18)11-19-20(13)24-21(27-19)23-17-5-7-22-8-6-17;/h3-4,9-12,17,22H,5-8H2,1-2H3,(H,23,24);1H. The van der Waals surface area contributed by atoms with Crippen molar-refractivity contribution >= 4 is 50.0 Å². The molecule has 4 aromatic rings. The van der Waals surface area contributed by atoms with Crippen molar-refractivity contribution < 1.29 is 0 Å². The molecule has 1 aliphatic rings. The van der Waals surface area contributed by atoms with Crippen LogP contribution in [0.2, 0.25) is 0 Å². The lowest BCUT2D eigenvalue weighted by atomic mass is 10.0. The van der Waals surface area contributed by atoms with Gasteiger partial charge in [-0.1, -0.05) is 17.4 Å². The summed E-state index contributed by atoms with van der Waals surface area (Å²) in [6.45, 7) is 4.33. The third-order valence-electron chi connectivity index (χ3n) is 5.30. The molecule has 1 fully saturated rings. The number of fused-ring (bicyclic) bond motifs is 2. The van der Waals surface area contributed by atoms with Crippen LogP contribution in [0, 0.1) is 6.92 Å². The zero-order chi connectivity index (χ0) is 18.4. The highest BCUT2D eigenvalue weighted by atomic mass is 35.5. The summed E-state index contributed by atoms with van der Waals surface area (Å²) >= 11 is 1.76. The summed E-state index contributed by atoms with van der Waals surface area (Å²) < 4.78 is 3.11. The highest BCUT2D eigenvalue weighted by Crippen LogP contribution is 2.34. The molecule has 28 heavy (non-hydrogen) atoms. The Morgan fingerprint density at radius 1 is 1.14 bits per heavy atom. The number of thiazole rings is 1. The van der Waals surface area contributed by atoms with Crippen molar-refractivity contribution in [1.82, 2.24) is 20.1 Å². The first-order valence-corrected chi connectivity index (χ1v) is 10.3. The Balaban J connectivity index is 0.00000192. The number of aromatic nitrogens is 3. The van der Waals surface area contributed by atoms with E-state index < -0.39 is 0 Å². The number of hydrogen-bond acceptors (Lipinski definition) is 5. The van der Waals surface area contributed by atoms with E-state index in [9.17, 15) is 0 Å². The first-order valence-electron chi connectivity index (χ1n) is 9.48. The summed E-state index contributed by atoms with van der Waals surface area (Å²) in [5.74, 6) is 0. The molecule has 0 amide bonds.